The molecular weight excluding hydrogens is 244 g/mol. The van der Waals surface area contributed by atoms with Gasteiger partial charge in [-0.25, -0.2) is 0 Å². The molecule has 0 fully saturated rings. The second kappa shape index (κ2) is 8.02. The summed E-state index contributed by atoms with van der Waals surface area (Å²) in [4.78, 5) is 0. The van der Waals surface area contributed by atoms with E-state index in [9.17, 15) is 10.2 Å². The van der Waals surface area contributed by atoms with E-state index in [0.29, 0.717) is 36.7 Å². The lowest BCUT2D eigenvalue weighted by molar-refractivity contribution is 0.0129. The van der Waals surface area contributed by atoms with E-state index in [-0.39, 0.29) is 0 Å². The van der Waals surface area contributed by atoms with E-state index in [1.54, 1.807) is 18.2 Å². The SMILES string of the molecule is CCCC(O)C(O)c1ccc(OCC)c(OCC)c1. The molecular formula is C15H24O4. The van der Waals surface area contributed by atoms with Crippen molar-refractivity contribution in [2.75, 3.05) is 13.2 Å². The van der Waals surface area contributed by atoms with Gasteiger partial charge in [0.1, 0.15) is 6.10 Å². The van der Waals surface area contributed by atoms with E-state index < -0.39 is 12.2 Å². The van der Waals surface area contributed by atoms with Gasteiger partial charge in [0, 0.05) is 0 Å². The van der Waals surface area contributed by atoms with Crippen molar-refractivity contribution in [2.24, 2.45) is 0 Å². The third-order valence-electron chi connectivity index (χ3n) is 2.86. The van der Waals surface area contributed by atoms with Crippen LogP contribution in [0.15, 0.2) is 18.2 Å². The largest absolute Gasteiger partial charge is 0.490 e. The van der Waals surface area contributed by atoms with Crippen LogP contribution in [0, 0.1) is 0 Å². The molecule has 0 radical (unpaired) electrons. The van der Waals surface area contributed by atoms with Gasteiger partial charge >= 0.3 is 0 Å². The highest BCUT2D eigenvalue weighted by molar-refractivity contribution is 5.43. The first-order valence-electron chi connectivity index (χ1n) is 6.89. The highest BCUT2D eigenvalue weighted by Crippen LogP contribution is 2.32. The van der Waals surface area contributed by atoms with Crippen molar-refractivity contribution < 1.29 is 19.7 Å². The Balaban J connectivity index is 2.93. The van der Waals surface area contributed by atoms with E-state index >= 15 is 0 Å². The molecule has 1 aromatic carbocycles. The Hall–Kier alpha value is -1.26. The fourth-order valence-electron chi connectivity index (χ4n) is 1.93. The molecule has 1 rings (SSSR count). The number of ether oxygens (including phenoxy) is 2. The van der Waals surface area contributed by atoms with Crippen LogP contribution in [0.3, 0.4) is 0 Å². The number of aliphatic hydroxyl groups excluding tert-OH is 2. The number of benzene rings is 1. The predicted molar refractivity (Wildman–Crippen MR) is 74.7 cm³/mol. The Morgan fingerprint density at radius 3 is 2.21 bits per heavy atom. The summed E-state index contributed by atoms with van der Waals surface area (Å²) in [6, 6.07) is 5.26. The first-order chi connectivity index (χ1) is 9.13. The van der Waals surface area contributed by atoms with Crippen LogP contribution in [-0.2, 0) is 0 Å². The molecule has 0 saturated carbocycles. The van der Waals surface area contributed by atoms with Crippen LogP contribution in [-0.4, -0.2) is 29.5 Å². The van der Waals surface area contributed by atoms with Gasteiger partial charge in [0.05, 0.1) is 19.3 Å². The molecule has 108 valence electrons. The van der Waals surface area contributed by atoms with Crippen LogP contribution >= 0.6 is 0 Å². The average Bonchev–Trinajstić information content (AvgIpc) is 2.40. The fraction of sp³-hybridized carbons (Fsp3) is 0.600. The second-order valence-corrected chi connectivity index (χ2v) is 4.37. The first-order valence-corrected chi connectivity index (χ1v) is 6.89. The van der Waals surface area contributed by atoms with Gasteiger partial charge in [-0.1, -0.05) is 19.4 Å². The van der Waals surface area contributed by atoms with Gasteiger partial charge in [-0.05, 0) is 38.0 Å². The normalized spacial score (nSPS) is 13.9. The Bertz CT molecular complexity index is 378. The zero-order valence-electron chi connectivity index (χ0n) is 11.9. The lowest BCUT2D eigenvalue weighted by Gasteiger charge is -2.19. The van der Waals surface area contributed by atoms with Crippen molar-refractivity contribution in [3.63, 3.8) is 0 Å². The summed E-state index contributed by atoms with van der Waals surface area (Å²) in [5, 5.41) is 19.9. The summed E-state index contributed by atoms with van der Waals surface area (Å²) in [5.41, 5.74) is 0.646. The van der Waals surface area contributed by atoms with Gasteiger partial charge in [0.15, 0.2) is 11.5 Å². The maximum absolute atomic E-state index is 10.1. The Morgan fingerprint density at radius 1 is 1.00 bits per heavy atom. The standard InChI is InChI=1S/C15H24O4/c1-4-7-12(16)15(17)11-8-9-13(18-5-2)14(10-11)19-6-3/h8-10,12,15-17H,4-7H2,1-3H3. The van der Waals surface area contributed by atoms with Crippen molar-refractivity contribution in [1.82, 2.24) is 0 Å². The predicted octanol–water partition coefficient (Wildman–Crippen LogP) is 2.68. The first kappa shape index (κ1) is 15.8. The molecule has 0 amide bonds. The molecule has 0 spiro atoms. The smallest absolute Gasteiger partial charge is 0.161 e. The van der Waals surface area contributed by atoms with Gasteiger partial charge in [-0.3, -0.25) is 0 Å². The fourth-order valence-corrected chi connectivity index (χ4v) is 1.93. The van der Waals surface area contributed by atoms with Gasteiger partial charge < -0.3 is 19.7 Å². The Morgan fingerprint density at radius 2 is 1.63 bits per heavy atom. The van der Waals surface area contributed by atoms with Crippen molar-refractivity contribution in [2.45, 2.75) is 45.8 Å². The Kier molecular flexibility index (Phi) is 6.67. The molecule has 1 aromatic rings. The Labute approximate surface area is 115 Å². The van der Waals surface area contributed by atoms with E-state index in [1.807, 2.05) is 20.8 Å². The molecule has 0 aromatic heterocycles. The summed E-state index contributed by atoms with van der Waals surface area (Å²) in [7, 11) is 0. The molecule has 0 saturated heterocycles. The monoisotopic (exact) mass is 268 g/mol. The van der Waals surface area contributed by atoms with E-state index in [4.69, 9.17) is 9.47 Å². The highest BCUT2D eigenvalue weighted by atomic mass is 16.5. The third kappa shape index (κ3) is 4.40. The molecule has 0 aliphatic heterocycles. The quantitative estimate of drug-likeness (QED) is 0.761. The number of aliphatic hydroxyl groups is 2. The average molecular weight is 268 g/mol. The zero-order valence-corrected chi connectivity index (χ0v) is 11.9. The second-order valence-electron chi connectivity index (χ2n) is 4.37. The van der Waals surface area contributed by atoms with Crippen LogP contribution in [0.1, 0.15) is 45.3 Å². The molecule has 2 N–H and O–H groups in total. The summed E-state index contributed by atoms with van der Waals surface area (Å²) >= 11 is 0. The number of hydrogen-bond acceptors (Lipinski definition) is 4. The minimum absolute atomic E-state index is 0.525. The molecule has 0 bridgehead atoms. The lowest BCUT2D eigenvalue weighted by atomic mass is 10.0. The van der Waals surface area contributed by atoms with Crippen LogP contribution in [0.5, 0.6) is 11.5 Å². The number of hydrogen-bond donors (Lipinski definition) is 2. The molecule has 0 aliphatic rings. The van der Waals surface area contributed by atoms with Gasteiger partial charge in [0.2, 0.25) is 0 Å². The minimum atomic E-state index is -0.894. The minimum Gasteiger partial charge on any atom is -0.490 e. The molecule has 4 heteroatoms. The summed E-state index contributed by atoms with van der Waals surface area (Å²) in [6.45, 7) is 6.85. The molecule has 19 heavy (non-hydrogen) atoms. The summed E-state index contributed by atoms with van der Waals surface area (Å²) in [5.74, 6) is 1.26. The molecule has 4 nitrogen and oxygen atoms in total. The maximum atomic E-state index is 10.1. The van der Waals surface area contributed by atoms with Crippen molar-refractivity contribution in [3.05, 3.63) is 23.8 Å². The molecule has 2 unspecified atom stereocenters. The highest BCUT2D eigenvalue weighted by Gasteiger charge is 2.19. The van der Waals surface area contributed by atoms with Crippen LogP contribution in [0.4, 0.5) is 0 Å². The lowest BCUT2D eigenvalue weighted by Crippen LogP contribution is -2.17. The maximum Gasteiger partial charge on any atom is 0.161 e. The topological polar surface area (TPSA) is 58.9 Å². The zero-order chi connectivity index (χ0) is 14.3. The summed E-state index contributed by atoms with van der Waals surface area (Å²) in [6.07, 6.45) is -0.251. The van der Waals surface area contributed by atoms with E-state index in [2.05, 4.69) is 0 Å². The van der Waals surface area contributed by atoms with Crippen molar-refractivity contribution in [3.8, 4) is 11.5 Å². The van der Waals surface area contributed by atoms with E-state index in [0.717, 1.165) is 6.42 Å². The molecule has 2 atom stereocenters. The number of rotatable bonds is 8. The molecule has 0 heterocycles. The van der Waals surface area contributed by atoms with Gasteiger partial charge in [0.25, 0.3) is 0 Å². The van der Waals surface area contributed by atoms with Crippen LogP contribution in [0.2, 0.25) is 0 Å². The molecule has 0 aliphatic carbocycles. The van der Waals surface area contributed by atoms with Crippen molar-refractivity contribution >= 4 is 0 Å². The van der Waals surface area contributed by atoms with Crippen LogP contribution in [0.25, 0.3) is 0 Å². The third-order valence-corrected chi connectivity index (χ3v) is 2.86. The summed E-state index contributed by atoms with van der Waals surface area (Å²) < 4.78 is 11.0. The van der Waals surface area contributed by atoms with Gasteiger partial charge in [-0.2, -0.15) is 0 Å². The van der Waals surface area contributed by atoms with Crippen molar-refractivity contribution in [1.29, 1.82) is 0 Å². The van der Waals surface area contributed by atoms with Gasteiger partial charge in [-0.15, -0.1) is 0 Å². The van der Waals surface area contributed by atoms with Crippen LogP contribution < -0.4 is 9.47 Å². The van der Waals surface area contributed by atoms with E-state index in [1.165, 1.54) is 0 Å².